The molecular formula is C21H17NO6. The SMILES string of the molecule is CC(=O)N/C(=C\c1ccccc1)C(=O)OCc1cc(=O)oc2cc(O)ccc12. The molecule has 0 aliphatic heterocycles. The van der Waals surface area contributed by atoms with E-state index in [9.17, 15) is 19.5 Å². The Hall–Kier alpha value is -3.87. The first-order valence-electron chi connectivity index (χ1n) is 8.39. The zero-order chi connectivity index (χ0) is 20.1. The van der Waals surface area contributed by atoms with E-state index in [1.54, 1.807) is 30.3 Å². The molecule has 2 aromatic carbocycles. The van der Waals surface area contributed by atoms with Crippen molar-refractivity contribution >= 4 is 28.9 Å². The van der Waals surface area contributed by atoms with Crippen LogP contribution in [-0.2, 0) is 20.9 Å². The van der Waals surface area contributed by atoms with E-state index in [0.29, 0.717) is 16.5 Å². The van der Waals surface area contributed by atoms with E-state index in [4.69, 9.17) is 9.15 Å². The summed E-state index contributed by atoms with van der Waals surface area (Å²) in [5.41, 5.74) is 0.654. The minimum absolute atomic E-state index is 0.0244. The predicted molar refractivity (Wildman–Crippen MR) is 102 cm³/mol. The van der Waals surface area contributed by atoms with E-state index in [2.05, 4.69) is 5.32 Å². The lowest BCUT2D eigenvalue weighted by Crippen LogP contribution is -2.26. The Morgan fingerprint density at radius 1 is 1.14 bits per heavy atom. The molecule has 142 valence electrons. The average Bonchev–Trinajstić information content (AvgIpc) is 2.65. The van der Waals surface area contributed by atoms with E-state index in [-0.39, 0.29) is 23.6 Å². The number of esters is 1. The van der Waals surface area contributed by atoms with E-state index >= 15 is 0 Å². The standard InChI is InChI=1S/C21H17NO6/c1-13(23)22-18(9-14-5-3-2-4-6-14)21(26)27-12-15-10-20(25)28-19-11-16(24)7-8-17(15)19/h2-11,24H,12H2,1H3,(H,22,23)/b18-9-. The first-order chi connectivity index (χ1) is 13.4. The van der Waals surface area contributed by atoms with Gasteiger partial charge in [0, 0.05) is 30.0 Å². The number of hydrogen-bond donors (Lipinski definition) is 2. The molecule has 0 aliphatic rings. The van der Waals surface area contributed by atoms with Crippen LogP contribution in [0, 0.1) is 0 Å². The number of fused-ring (bicyclic) bond motifs is 1. The Morgan fingerprint density at radius 3 is 2.61 bits per heavy atom. The molecule has 0 aliphatic carbocycles. The third-order valence-corrected chi connectivity index (χ3v) is 3.81. The van der Waals surface area contributed by atoms with Gasteiger partial charge >= 0.3 is 11.6 Å². The molecule has 0 fully saturated rings. The highest BCUT2D eigenvalue weighted by molar-refractivity contribution is 5.97. The number of hydrogen-bond acceptors (Lipinski definition) is 6. The molecular weight excluding hydrogens is 362 g/mol. The zero-order valence-corrected chi connectivity index (χ0v) is 15.0. The van der Waals surface area contributed by atoms with Crippen molar-refractivity contribution < 1.29 is 23.8 Å². The molecule has 0 saturated heterocycles. The molecule has 0 saturated carbocycles. The van der Waals surface area contributed by atoms with Crippen LogP contribution in [0.4, 0.5) is 0 Å². The molecule has 1 heterocycles. The highest BCUT2D eigenvalue weighted by Gasteiger charge is 2.15. The van der Waals surface area contributed by atoms with Crippen LogP contribution < -0.4 is 10.9 Å². The van der Waals surface area contributed by atoms with Gasteiger partial charge in [0.15, 0.2) is 0 Å². The molecule has 7 nitrogen and oxygen atoms in total. The summed E-state index contributed by atoms with van der Waals surface area (Å²) in [6.45, 7) is 1.08. The van der Waals surface area contributed by atoms with E-state index in [0.717, 1.165) is 0 Å². The Kier molecular flexibility index (Phi) is 5.55. The summed E-state index contributed by atoms with van der Waals surface area (Å²) in [5.74, 6) is -1.22. The van der Waals surface area contributed by atoms with Crippen molar-refractivity contribution in [2.75, 3.05) is 0 Å². The highest BCUT2D eigenvalue weighted by atomic mass is 16.5. The molecule has 1 aromatic heterocycles. The molecule has 0 atom stereocenters. The van der Waals surface area contributed by atoms with Crippen molar-refractivity contribution in [1.82, 2.24) is 5.32 Å². The molecule has 0 unspecified atom stereocenters. The fraction of sp³-hybridized carbons (Fsp3) is 0.0952. The van der Waals surface area contributed by atoms with Crippen molar-refractivity contribution in [3.63, 3.8) is 0 Å². The lowest BCUT2D eigenvalue weighted by molar-refractivity contribution is -0.141. The molecule has 3 aromatic rings. The number of nitrogens with one attached hydrogen (secondary N) is 1. The van der Waals surface area contributed by atoms with Gasteiger partial charge in [-0.1, -0.05) is 30.3 Å². The van der Waals surface area contributed by atoms with E-state index in [1.165, 1.54) is 31.2 Å². The van der Waals surface area contributed by atoms with Gasteiger partial charge in [-0.3, -0.25) is 4.79 Å². The number of carbonyl (C=O) groups is 2. The summed E-state index contributed by atoms with van der Waals surface area (Å²) >= 11 is 0. The predicted octanol–water partition coefficient (Wildman–Crippen LogP) is 2.72. The number of rotatable bonds is 5. The van der Waals surface area contributed by atoms with Crippen molar-refractivity contribution in [1.29, 1.82) is 0 Å². The van der Waals surface area contributed by atoms with Crippen molar-refractivity contribution in [2.24, 2.45) is 0 Å². The van der Waals surface area contributed by atoms with Gasteiger partial charge in [-0.2, -0.15) is 0 Å². The number of amides is 1. The van der Waals surface area contributed by atoms with Crippen LogP contribution in [-0.4, -0.2) is 17.0 Å². The minimum Gasteiger partial charge on any atom is -0.508 e. The topological polar surface area (TPSA) is 106 Å². The normalized spacial score (nSPS) is 11.2. The second-order valence-corrected chi connectivity index (χ2v) is 6.00. The van der Waals surface area contributed by atoms with Crippen LogP contribution in [0.3, 0.4) is 0 Å². The summed E-state index contributed by atoms with van der Waals surface area (Å²) in [5, 5.41) is 12.5. The number of phenols is 1. The van der Waals surface area contributed by atoms with Gasteiger partial charge in [0.2, 0.25) is 5.91 Å². The van der Waals surface area contributed by atoms with Gasteiger partial charge in [0.05, 0.1) is 0 Å². The number of benzene rings is 2. The molecule has 0 spiro atoms. The molecule has 1 amide bonds. The smallest absolute Gasteiger partial charge is 0.355 e. The molecule has 7 heteroatoms. The number of ether oxygens (including phenoxy) is 1. The summed E-state index contributed by atoms with van der Waals surface area (Å²) in [7, 11) is 0. The maximum Gasteiger partial charge on any atom is 0.355 e. The van der Waals surface area contributed by atoms with E-state index < -0.39 is 17.5 Å². The lowest BCUT2D eigenvalue weighted by Gasteiger charge is -2.10. The third-order valence-electron chi connectivity index (χ3n) is 3.81. The van der Waals surface area contributed by atoms with Crippen molar-refractivity contribution in [3.05, 3.63) is 81.8 Å². The summed E-state index contributed by atoms with van der Waals surface area (Å²) in [6.07, 6.45) is 1.50. The second kappa shape index (κ2) is 8.22. The number of aromatic hydroxyl groups is 1. The first-order valence-corrected chi connectivity index (χ1v) is 8.39. The number of phenolic OH excluding ortho intramolecular Hbond substituents is 1. The van der Waals surface area contributed by atoms with Crippen LogP contribution in [0.2, 0.25) is 0 Å². The van der Waals surface area contributed by atoms with Crippen molar-refractivity contribution in [3.8, 4) is 5.75 Å². The van der Waals surface area contributed by atoms with Gasteiger partial charge in [-0.15, -0.1) is 0 Å². The summed E-state index contributed by atoms with van der Waals surface area (Å²) < 4.78 is 10.3. The lowest BCUT2D eigenvalue weighted by atomic mass is 10.1. The summed E-state index contributed by atoms with van der Waals surface area (Å²) in [6, 6.07) is 14.5. The van der Waals surface area contributed by atoms with Gasteiger partial charge in [0.25, 0.3) is 0 Å². The maximum absolute atomic E-state index is 12.5. The highest BCUT2D eigenvalue weighted by Crippen LogP contribution is 2.22. The maximum atomic E-state index is 12.5. The fourth-order valence-electron chi connectivity index (χ4n) is 2.61. The monoisotopic (exact) mass is 379 g/mol. The Labute approximate surface area is 159 Å². The van der Waals surface area contributed by atoms with Crippen LogP contribution in [0.1, 0.15) is 18.1 Å². The second-order valence-electron chi connectivity index (χ2n) is 6.00. The Balaban J connectivity index is 1.85. The average molecular weight is 379 g/mol. The van der Waals surface area contributed by atoms with E-state index in [1.807, 2.05) is 6.07 Å². The van der Waals surface area contributed by atoms with Gasteiger partial charge in [0.1, 0.15) is 23.6 Å². The molecule has 0 radical (unpaired) electrons. The molecule has 3 rings (SSSR count). The summed E-state index contributed by atoms with van der Waals surface area (Å²) in [4.78, 5) is 35.6. The van der Waals surface area contributed by atoms with Crippen molar-refractivity contribution in [2.45, 2.75) is 13.5 Å². The molecule has 2 N–H and O–H groups in total. The van der Waals surface area contributed by atoms with Gasteiger partial charge in [-0.05, 0) is 23.8 Å². The zero-order valence-electron chi connectivity index (χ0n) is 15.0. The van der Waals surface area contributed by atoms with Crippen LogP contribution in [0.25, 0.3) is 17.0 Å². The molecule has 28 heavy (non-hydrogen) atoms. The largest absolute Gasteiger partial charge is 0.508 e. The molecule has 0 bridgehead atoms. The van der Waals surface area contributed by atoms with Crippen LogP contribution in [0.5, 0.6) is 5.75 Å². The first kappa shape index (κ1) is 18.9. The minimum atomic E-state index is -0.751. The van der Waals surface area contributed by atoms with Crippen LogP contribution >= 0.6 is 0 Å². The number of carbonyl (C=O) groups excluding carboxylic acids is 2. The quantitative estimate of drug-likeness (QED) is 0.401. The third kappa shape index (κ3) is 4.64. The fourth-order valence-corrected chi connectivity index (χ4v) is 2.61. The van der Waals surface area contributed by atoms with Gasteiger partial charge < -0.3 is 19.6 Å². The van der Waals surface area contributed by atoms with Crippen LogP contribution in [0.15, 0.2) is 69.5 Å². The Morgan fingerprint density at radius 2 is 1.89 bits per heavy atom. The Bertz CT molecular complexity index is 1110. The van der Waals surface area contributed by atoms with Gasteiger partial charge in [-0.25, -0.2) is 9.59 Å².